The number of hydrogen-bond donors (Lipinski definition) is 0. The quantitative estimate of drug-likeness (QED) is 0.289. The van der Waals surface area contributed by atoms with Crippen molar-refractivity contribution in [3.05, 3.63) is 0 Å². The van der Waals surface area contributed by atoms with Gasteiger partial charge in [-0.15, -0.1) is 0 Å². The Balaban J connectivity index is -0.0000000450. The number of hydrogen-bond acceptors (Lipinski definition) is 2. The van der Waals surface area contributed by atoms with Crippen LogP contribution >= 0.6 is 0 Å². The van der Waals surface area contributed by atoms with Crippen LogP contribution in [-0.4, -0.2) is 29.0 Å². The zero-order valence-electron chi connectivity index (χ0n) is 3.40. The van der Waals surface area contributed by atoms with Crippen LogP contribution in [0.2, 0.25) is 0 Å². The average Bonchev–Trinajstić information content (AvgIpc) is 0.811. The number of halogens is 1. The van der Waals surface area contributed by atoms with E-state index in [-0.39, 0.29) is 27.8 Å². The molecule has 0 aromatic heterocycles. The van der Waals surface area contributed by atoms with E-state index in [0.29, 0.717) is 0 Å². The molecule has 0 aliphatic heterocycles. The van der Waals surface area contributed by atoms with Crippen molar-refractivity contribution in [3.8, 4) is 0 Å². The molecular weight excluding hydrogens is 99.3 g/mol. The van der Waals surface area contributed by atoms with Crippen LogP contribution in [0.4, 0.5) is 0 Å². The van der Waals surface area contributed by atoms with E-state index >= 15 is 0 Å². The van der Waals surface area contributed by atoms with Gasteiger partial charge < -0.3 is 14.6 Å². The number of carboxylic acid groups (broad SMARTS) is 1. The standard InChI is InChI=1S/C2H4O2.FH.Mg/c1-2(3)4;;/h1H3,(H,3,4);1H;/q;;+2/p-2. The van der Waals surface area contributed by atoms with E-state index in [1.165, 1.54) is 0 Å². The van der Waals surface area contributed by atoms with Gasteiger partial charge in [0.1, 0.15) is 0 Å². The first kappa shape index (κ1) is 16.4. The fourth-order valence-electron chi connectivity index (χ4n) is 0. The van der Waals surface area contributed by atoms with E-state index in [4.69, 9.17) is 9.90 Å². The molecule has 0 saturated heterocycles. The van der Waals surface area contributed by atoms with Crippen molar-refractivity contribution in [1.82, 2.24) is 0 Å². The van der Waals surface area contributed by atoms with Crippen LogP contribution in [0.25, 0.3) is 0 Å². The molecule has 6 heavy (non-hydrogen) atoms. The summed E-state index contributed by atoms with van der Waals surface area (Å²) in [5.41, 5.74) is 0. The Kier molecular flexibility index (Phi) is 24.5. The van der Waals surface area contributed by atoms with Crippen molar-refractivity contribution in [2.24, 2.45) is 0 Å². The van der Waals surface area contributed by atoms with E-state index in [0.717, 1.165) is 6.92 Å². The van der Waals surface area contributed by atoms with Gasteiger partial charge in [0.15, 0.2) is 0 Å². The van der Waals surface area contributed by atoms with Gasteiger partial charge in [-0.1, -0.05) is 0 Å². The van der Waals surface area contributed by atoms with Crippen molar-refractivity contribution >= 4 is 29.0 Å². The van der Waals surface area contributed by atoms with Gasteiger partial charge in [0.25, 0.3) is 0 Å². The Hall–Kier alpha value is 0.166. The third-order valence-corrected chi connectivity index (χ3v) is 0. The Bertz CT molecular complexity index is 34.5. The van der Waals surface area contributed by atoms with Crippen LogP contribution in [0.3, 0.4) is 0 Å². The first-order valence-corrected chi connectivity index (χ1v) is 0.908. The maximum absolute atomic E-state index is 8.89. The van der Waals surface area contributed by atoms with E-state index in [1.807, 2.05) is 0 Å². The maximum Gasteiger partial charge on any atom is 2.00 e. The molecule has 0 aromatic carbocycles. The number of aliphatic carboxylic acids is 1. The molecule has 0 atom stereocenters. The molecule has 4 heteroatoms. The zero-order chi connectivity index (χ0) is 3.58. The molecule has 0 heterocycles. The van der Waals surface area contributed by atoms with Crippen molar-refractivity contribution in [2.75, 3.05) is 0 Å². The molecule has 0 aromatic rings. The Morgan fingerprint density at radius 1 is 1.67 bits per heavy atom. The molecule has 0 unspecified atom stereocenters. The number of carboxylic acids is 1. The molecule has 0 aliphatic carbocycles. The third kappa shape index (κ3) is 1510. The molecule has 32 valence electrons. The van der Waals surface area contributed by atoms with Gasteiger partial charge in [-0.05, 0) is 6.92 Å². The average molecular weight is 102 g/mol. The second-order valence-corrected chi connectivity index (χ2v) is 0.492. The number of carbonyl (C=O) groups is 1. The molecule has 0 aliphatic rings. The normalized spacial score (nSPS) is 4.17. The monoisotopic (exact) mass is 102 g/mol. The molecule has 0 N–H and O–H groups in total. The van der Waals surface area contributed by atoms with Crippen LogP contribution in [-0.2, 0) is 4.79 Å². The van der Waals surface area contributed by atoms with Crippen molar-refractivity contribution in [1.29, 1.82) is 0 Å². The molecule has 0 bridgehead atoms. The van der Waals surface area contributed by atoms with Crippen LogP contribution in [0, 0.1) is 0 Å². The van der Waals surface area contributed by atoms with Gasteiger partial charge in [-0.2, -0.15) is 0 Å². The van der Waals surface area contributed by atoms with Crippen LogP contribution < -0.4 is 9.81 Å². The predicted octanol–water partition coefficient (Wildman–Crippen LogP) is -4.62. The van der Waals surface area contributed by atoms with E-state index < -0.39 is 5.97 Å². The fourth-order valence-corrected chi connectivity index (χ4v) is 0. The summed E-state index contributed by atoms with van der Waals surface area (Å²) in [7, 11) is 0. The van der Waals surface area contributed by atoms with E-state index in [1.54, 1.807) is 0 Å². The fraction of sp³-hybridized carbons (Fsp3) is 0.500. The first-order chi connectivity index (χ1) is 1.73. The molecular formula is C2H3FMgO2. The van der Waals surface area contributed by atoms with Gasteiger partial charge in [-0.25, -0.2) is 0 Å². The zero-order valence-corrected chi connectivity index (χ0v) is 4.82. The molecule has 0 rings (SSSR count). The summed E-state index contributed by atoms with van der Waals surface area (Å²) in [6.07, 6.45) is 0. The molecule has 0 saturated carbocycles. The van der Waals surface area contributed by atoms with Gasteiger partial charge in [0.05, 0.1) is 0 Å². The van der Waals surface area contributed by atoms with Gasteiger partial charge in [0.2, 0.25) is 0 Å². The summed E-state index contributed by atoms with van der Waals surface area (Å²) in [5.74, 6) is -1.08. The molecule has 0 fully saturated rings. The third-order valence-electron chi connectivity index (χ3n) is 0. The minimum atomic E-state index is -1.08. The van der Waals surface area contributed by atoms with Gasteiger partial charge >= 0.3 is 23.1 Å². The van der Waals surface area contributed by atoms with Crippen molar-refractivity contribution in [3.63, 3.8) is 0 Å². The topological polar surface area (TPSA) is 40.1 Å². The Morgan fingerprint density at radius 3 is 1.67 bits per heavy atom. The number of carbonyl (C=O) groups excluding carboxylic acids is 1. The van der Waals surface area contributed by atoms with Crippen LogP contribution in [0.15, 0.2) is 0 Å². The van der Waals surface area contributed by atoms with E-state index in [2.05, 4.69) is 0 Å². The Labute approximate surface area is 51.1 Å². The molecule has 0 spiro atoms. The molecule has 2 nitrogen and oxygen atoms in total. The smallest absolute Gasteiger partial charge is 1.00 e. The van der Waals surface area contributed by atoms with Crippen LogP contribution in [0.5, 0.6) is 0 Å². The second kappa shape index (κ2) is 8.94. The maximum atomic E-state index is 8.89. The van der Waals surface area contributed by atoms with Crippen LogP contribution in [0.1, 0.15) is 6.92 Å². The van der Waals surface area contributed by atoms with Crippen molar-refractivity contribution in [2.45, 2.75) is 6.92 Å². The van der Waals surface area contributed by atoms with E-state index in [9.17, 15) is 0 Å². The molecule has 0 radical (unpaired) electrons. The largest absolute Gasteiger partial charge is 2.00 e. The first-order valence-electron chi connectivity index (χ1n) is 0.908. The molecule has 0 amide bonds. The van der Waals surface area contributed by atoms with Gasteiger partial charge in [-0.3, -0.25) is 0 Å². The summed E-state index contributed by atoms with van der Waals surface area (Å²) in [6, 6.07) is 0. The summed E-state index contributed by atoms with van der Waals surface area (Å²) < 4.78 is 0. The minimum Gasteiger partial charge on any atom is -1.00 e. The predicted molar refractivity (Wildman–Crippen MR) is 16.4 cm³/mol. The Morgan fingerprint density at radius 2 is 1.67 bits per heavy atom. The summed E-state index contributed by atoms with van der Waals surface area (Å²) in [5, 5.41) is 8.89. The number of rotatable bonds is 0. The SMILES string of the molecule is CC(=O)[O-].[F-].[Mg+2]. The summed E-state index contributed by atoms with van der Waals surface area (Å²) >= 11 is 0. The summed E-state index contributed by atoms with van der Waals surface area (Å²) in [6.45, 7) is 0.972. The summed E-state index contributed by atoms with van der Waals surface area (Å²) in [4.78, 5) is 8.89. The van der Waals surface area contributed by atoms with Crippen molar-refractivity contribution < 1.29 is 14.6 Å². The van der Waals surface area contributed by atoms with Gasteiger partial charge in [0, 0.05) is 5.97 Å². The second-order valence-electron chi connectivity index (χ2n) is 0.492. The minimum absolute atomic E-state index is 0.